The summed E-state index contributed by atoms with van der Waals surface area (Å²) in [5, 5.41) is 12.1. The molecular formula is C17H13N3O4. The van der Waals surface area contributed by atoms with Crippen LogP contribution < -0.4 is 10.1 Å². The lowest BCUT2D eigenvalue weighted by Gasteiger charge is -2.09. The van der Waals surface area contributed by atoms with Gasteiger partial charge in [0, 0.05) is 5.56 Å². The maximum Gasteiger partial charge on any atom is 0.335 e. The number of nitrogens with zero attached hydrogens (tertiary/aromatic N) is 1. The molecule has 1 aliphatic heterocycles. The molecule has 120 valence electrons. The van der Waals surface area contributed by atoms with Crippen molar-refractivity contribution in [2.45, 2.75) is 0 Å². The van der Waals surface area contributed by atoms with Gasteiger partial charge in [0.2, 0.25) is 0 Å². The summed E-state index contributed by atoms with van der Waals surface area (Å²) < 4.78 is 5.54. The number of aromatic nitrogens is 2. The van der Waals surface area contributed by atoms with E-state index in [1.54, 1.807) is 24.3 Å². The van der Waals surface area contributed by atoms with E-state index < -0.39 is 5.97 Å². The Kier molecular flexibility index (Phi) is 3.19. The Morgan fingerprint density at radius 3 is 2.92 bits per heavy atom. The number of H-pyrrole nitrogens is 1. The lowest BCUT2D eigenvalue weighted by atomic mass is 9.98. The van der Waals surface area contributed by atoms with Gasteiger partial charge in [-0.1, -0.05) is 6.07 Å². The summed E-state index contributed by atoms with van der Waals surface area (Å²) in [6.07, 6.45) is 1.51. The van der Waals surface area contributed by atoms with Crippen molar-refractivity contribution in [1.29, 1.82) is 0 Å². The number of fused-ring (bicyclic) bond motifs is 2. The van der Waals surface area contributed by atoms with Crippen LogP contribution in [-0.2, 0) is 0 Å². The maximum atomic E-state index is 12.2. The fraction of sp³-hybridized carbons (Fsp3) is 0.118. The third-order valence-electron chi connectivity index (χ3n) is 3.95. The number of nitrogens with one attached hydrogen (secondary N) is 2. The number of carbonyl (C=O) groups is 2. The topological polar surface area (TPSA) is 104 Å². The van der Waals surface area contributed by atoms with Crippen LogP contribution in [0.25, 0.3) is 22.2 Å². The molecular weight excluding hydrogens is 310 g/mol. The SMILES string of the molecule is O=C(O)c1cc(-c2ccc3c(c2)C(=O)NCCO3)c2nc[nH]c2c1. The molecule has 0 aliphatic carbocycles. The number of hydrogen-bond donors (Lipinski definition) is 3. The number of rotatable bonds is 2. The van der Waals surface area contributed by atoms with Crippen molar-refractivity contribution in [3.05, 3.63) is 47.8 Å². The zero-order chi connectivity index (χ0) is 16.7. The van der Waals surface area contributed by atoms with Crippen LogP contribution in [0.15, 0.2) is 36.7 Å². The van der Waals surface area contributed by atoms with Gasteiger partial charge in [-0.25, -0.2) is 9.78 Å². The van der Waals surface area contributed by atoms with Gasteiger partial charge in [0.05, 0.1) is 35.0 Å². The van der Waals surface area contributed by atoms with Crippen LogP contribution >= 0.6 is 0 Å². The van der Waals surface area contributed by atoms with Crippen LogP contribution in [-0.4, -0.2) is 40.1 Å². The summed E-state index contributed by atoms with van der Waals surface area (Å²) in [7, 11) is 0. The number of carboxylic acid groups (broad SMARTS) is 1. The Morgan fingerprint density at radius 2 is 2.08 bits per heavy atom. The van der Waals surface area contributed by atoms with Gasteiger partial charge in [0.15, 0.2) is 0 Å². The average molecular weight is 323 g/mol. The van der Waals surface area contributed by atoms with Gasteiger partial charge in [-0.2, -0.15) is 0 Å². The summed E-state index contributed by atoms with van der Waals surface area (Å²) in [5.74, 6) is -0.720. The van der Waals surface area contributed by atoms with Crippen molar-refractivity contribution < 1.29 is 19.4 Å². The van der Waals surface area contributed by atoms with Crippen molar-refractivity contribution >= 4 is 22.9 Å². The van der Waals surface area contributed by atoms with Crippen LogP contribution in [0.1, 0.15) is 20.7 Å². The molecule has 0 radical (unpaired) electrons. The van der Waals surface area contributed by atoms with E-state index >= 15 is 0 Å². The number of aromatic carboxylic acids is 1. The molecule has 3 aromatic rings. The average Bonchev–Trinajstić information content (AvgIpc) is 2.98. The van der Waals surface area contributed by atoms with Gasteiger partial charge in [0.25, 0.3) is 5.91 Å². The third-order valence-corrected chi connectivity index (χ3v) is 3.95. The number of ether oxygens (including phenoxy) is 1. The molecule has 2 heterocycles. The fourth-order valence-corrected chi connectivity index (χ4v) is 2.82. The molecule has 0 fully saturated rings. The Morgan fingerprint density at radius 1 is 1.21 bits per heavy atom. The number of benzene rings is 2. The van der Waals surface area contributed by atoms with Crippen LogP contribution in [0.5, 0.6) is 5.75 Å². The molecule has 2 aromatic carbocycles. The number of amides is 1. The van der Waals surface area contributed by atoms with Crippen molar-refractivity contribution in [2.75, 3.05) is 13.2 Å². The number of imidazole rings is 1. The Hall–Kier alpha value is -3.35. The molecule has 0 unspecified atom stereocenters. The molecule has 1 amide bonds. The van der Waals surface area contributed by atoms with E-state index in [0.717, 1.165) is 0 Å². The lowest BCUT2D eigenvalue weighted by Crippen LogP contribution is -2.24. The standard InChI is InChI=1S/C17H13N3O4/c21-16-12-5-9(1-2-14(12)24-4-3-18-16)11-6-10(17(22)23)7-13-15(11)20-8-19-13/h1-2,5-8H,3-4H2,(H,18,21)(H,19,20)(H,22,23). The zero-order valence-electron chi connectivity index (χ0n) is 12.5. The monoisotopic (exact) mass is 323 g/mol. The molecule has 24 heavy (non-hydrogen) atoms. The van der Waals surface area contributed by atoms with Crippen molar-refractivity contribution in [1.82, 2.24) is 15.3 Å². The highest BCUT2D eigenvalue weighted by Gasteiger charge is 2.19. The molecule has 0 atom stereocenters. The number of carbonyl (C=O) groups excluding carboxylic acids is 1. The second-order valence-corrected chi connectivity index (χ2v) is 5.44. The maximum absolute atomic E-state index is 12.2. The third kappa shape index (κ3) is 2.26. The Balaban J connectivity index is 1.93. The quantitative estimate of drug-likeness (QED) is 0.669. The van der Waals surface area contributed by atoms with Crippen LogP contribution in [0.4, 0.5) is 0 Å². The molecule has 4 rings (SSSR count). The van der Waals surface area contributed by atoms with Gasteiger partial charge in [-0.3, -0.25) is 4.79 Å². The van der Waals surface area contributed by atoms with E-state index in [4.69, 9.17) is 4.74 Å². The number of hydrogen-bond acceptors (Lipinski definition) is 4. The smallest absolute Gasteiger partial charge is 0.335 e. The molecule has 0 spiro atoms. The van der Waals surface area contributed by atoms with Gasteiger partial charge < -0.3 is 20.1 Å². The number of aromatic amines is 1. The first-order chi connectivity index (χ1) is 11.6. The van der Waals surface area contributed by atoms with Crippen LogP contribution in [0.3, 0.4) is 0 Å². The first-order valence-electron chi connectivity index (χ1n) is 7.39. The summed E-state index contributed by atoms with van der Waals surface area (Å²) in [4.78, 5) is 30.7. The van der Waals surface area contributed by atoms with Gasteiger partial charge in [0.1, 0.15) is 12.4 Å². The summed E-state index contributed by atoms with van der Waals surface area (Å²) in [5.41, 5.74) is 3.20. The Bertz CT molecular complexity index is 977. The zero-order valence-corrected chi connectivity index (χ0v) is 12.5. The van der Waals surface area contributed by atoms with E-state index in [9.17, 15) is 14.7 Å². The minimum absolute atomic E-state index is 0.150. The lowest BCUT2D eigenvalue weighted by molar-refractivity contribution is 0.0696. The van der Waals surface area contributed by atoms with Crippen molar-refractivity contribution in [3.63, 3.8) is 0 Å². The van der Waals surface area contributed by atoms with Gasteiger partial charge in [-0.05, 0) is 29.8 Å². The van der Waals surface area contributed by atoms with E-state index in [1.165, 1.54) is 12.4 Å². The normalized spacial score (nSPS) is 13.8. The molecule has 7 nitrogen and oxygen atoms in total. The van der Waals surface area contributed by atoms with Crippen molar-refractivity contribution in [3.8, 4) is 16.9 Å². The minimum Gasteiger partial charge on any atom is -0.491 e. The van der Waals surface area contributed by atoms with E-state index in [-0.39, 0.29) is 11.5 Å². The Labute approximate surface area is 136 Å². The van der Waals surface area contributed by atoms with Crippen LogP contribution in [0.2, 0.25) is 0 Å². The van der Waals surface area contributed by atoms with E-state index in [2.05, 4.69) is 15.3 Å². The molecule has 0 bridgehead atoms. The summed E-state index contributed by atoms with van der Waals surface area (Å²) >= 11 is 0. The molecule has 0 saturated carbocycles. The fourth-order valence-electron chi connectivity index (χ4n) is 2.82. The molecule has 7 heteroatoms. The first kappa shape index (κ1) is 14.3. The van der Waals surface area contributed by atoms with Crippen LogP contribution in [0, 0.1) is 0 Å². The second-order valence-electron chi connectivity index (χ2n) is 5.44. The predicted molar refractivity (Wildman–Crippen MR) is 86.3 cm³/mol. The summed E-state index contributed by atoms with van der Waals surface area (Å²) in [6.45, 7) is 0.858. The van der Waals surface area contributed by atoms with Gasteiger partial charge >= 0.3 is 5.97 Å². The van der Waals surface area contributed by atoms with Crippen molar-refractivity contribution in [2.24, 2.45) is 0 Å². The van der Waals surface area contributed by atoms with E-state index in [1.807, 2.05) is 0 Å². The van der Waals surface area contributed by atoms with Gasteiger partial charge in [-0.15, -0.1) is 0 Å². The predicted octanol–water partition coefficient (Wildman–Crippen LogP) is 2.05. The summed E-state index contributed by atoms with van der Waals surface area (Å²) in [6, 6.07) is 8.31. The second kappa shape index (κ2) is 5.38. The highest BCUT2D eigenvalue weighted by atomic mass is 16.5. The minimum atomic E-state index is -1.02. The largest absolute Gasteiger partial charge is 0.491 e. The molecule has 1 aliphatic rings. The molecule has 1 aromatic heterocycles. The molecule has 0 saturated heterocycles. The first-order valence-corrected chi connectivity index (χ1v) is 7.39. The number of carboxylic acids is 1. The van der Waals surface area contributed by atoms with E-state index in [0.29, 0.717) is 46.6 Å². The highest BCUT2D eigenvalue weighted by Crippen LogP contribution is 2.32. The highest BCUT2D eigenvalue weighted by molar-refractivity contribution is 6.02. The molecule has 3 N–H and O–H groups in total.